The first kappa shape index (κ1) is 43.4. The molecular formula is C63H58IrN4O-2. The smallest absolute Gasteiger partial charge is 0.121 e. The van der Waals surface area contributed by atoms with Crippen molar-refractivity contribution in [3.63, 3.8) is 0 Å². The molecule has 0 amide bonds. The third-order valence-electron chi connectivity index (χ3n) is 13.0. The summed E-state index contributed by atoms with van der Waals surface area (Å²) in [6.07, 6.45) is 0. The molecule has 0 saturated heterocycles. The van der Waals surface area contributed by atoms with E-state index in [0.29, 0.717) is 34.8 Å². The first-order valence-electron chi connectivity index (χ1n) is 25.4. The second kappa shape index (κ2) is 19.6. The Balaban J connectivity index is 0.000000177. The Morgan fingerprint density at radius 1 is 0.493 bits per heavy atom. The van der Waals surface area contributed by atoms with E-state index in [0.717, 1.165) is 61.3 Å². The molecule has 11 rings (SSSR count). The van der Waals surface area contributed by atoms with Gasteiger partial charge in [-0.2, -0.15) is 0 Å². The van der Waals surface area contributed by atoms with Gasteiger partial charge < -0.3 is 13.6 Å². The minimum absolute atomic E-state index is 0. The molecule has 0 aliphatic carbocycles. The van der Waals surface area contributed by atoms with Crippen molar-refractivity contribution >= 4 is 44.0 Å². The van der Waals surface area contributed by atoms with E-state index in [-0.39, 0.29) is 25.7 Å². The zero-order valence-electron chi connectivity index (χ0n) is 43.4. The molecule has 0 unspecified atom stereocenters. The third-order valence-corrected chi connectivity index (χ3v) is 13.0. The first-order chi connectivity index (χ1) is 34.2. The molecule has 3 aromatic heterocycles. The Hall–Kier alpha value is -6.85. The van der Waals surface area contributed by atoms with Gasteiger partial charge in [0.15, 0.2) is 0 Å². The van der Waals surface area contributed by atoms with Crippen LogP contribution in [0.3, 0.4) is 0 Å². The summed E-state index contributed by atoms with van der Waals surface area (Å²) in [6.45, 7) is 15.8. The molecule has 0 aliphatic heterocycles. The second-order valence-corrected chi connectivity index (χ2v) is 19.0. The molecule has 0 spiro atoms. The molecule has 6 heteroatoms. The fourth-order valence-electron chi connectivity index (χ4n) is 9.68. The van der Waals surface area contributed by atoms with Crippen LogP contribution in [0.5, 0.6) is 0 Å². The maximum Gasteiger partial charge on any atom is 0.121 e. The fraction of sp³-hybridized carbons (Fsp3) is 0.206. The van der Waals surface area contributed by atoms with Crippen LogP contribution < -0.4 is 0 Å². The molecule has 1 radical (unpaired) electrons. The summed E-state index contributed by atoms with van der Waals surface area (Å²) in [6, 6.07) is 62.5. The monoisotopic (exact) mass is 1080 g/mol. The van der Waals surface area contributed by atoms with E-state index in [2.05, 4.69) is 180 Å². The van der Waals surface area contributed by atoms with E-state index in [1.807, 2.05) is 48.5 Å². The molecule has 0 bridgehead atoms. The van der Waals surface area contributed by atoms with Gasteiger partial charge in [-0.25, -0.2) is 0 Å². The molecule has 11 aromatic rings. The Bertz CT molecular complexity index is 3660. The van der Waals surface area contributed by atoms with E-state index >= 15 is 0 Å². The van der Waals surface area contributed by atoms with E-state index in [1.54, 1.807) is 12.1 Å². The van der Waals surface area contributed by atoms with Gasteiger partial charge in [0.1, 0.15) is 5.58 Å². The largest absolute Gasteiger partial charge is 0.501 e. The average Bonchev–Trinajstić information content (AvgIpc) is 4.07. The van der Waals surface area contributed by atoms with Gasteiger partial charge in [-0.1, -0.05) is 151 Å². The Morgan fingerprint density at radius 3 is 1.65 bits per heavy atom. The summed E-state index contributed by atoms with van der Waals surface area (Å²) in [5.41, 5.74) is 17.3. The SMILES string of the molecule is CC(C)c1cc(-c2ccccc2)cc(C(C)C)c1-n1c(-c2[c-]cccc2)nc2ccccc21.[2H]C([2H])([2H])c1ccc2c(c1)oc1c(-c3nc4ccccc4n3-c3c(C(C)C)cccc3C(C)C)[c-]ccc12.[Ir]. The van der Waals surface area contributed by atoms with Crippen molar-refractivity contribution in [2.45, 2.75) is 85.9 Å². The van der Waals surface area contributed by atoms with Gasteiger partial charge in [0.2, 0.25) is 0 Å². The normalized spacial score (nSPS) is 12.5. The van der Waals surface area contributed by atoms with Crippen LogP contribution in [0.4, 0.5) is 0 Å². The van der Waals surface area contributed by atoms with Crippen molar-refractivity contribution in [2.24, 2.45) is 0 Å². The number of hydrogen-bond acceptors (Lipinski definition) is 3. The zero-order chi connectivity index (χ0) is 49.7. The number of imidazole rings is 2. The second-order valence-electron chi connectivity index (χ2n) is 19.0. The van der Waals surface area contributed by atoms with Gasteiger partial charge >= 0.3 is 0 Å². The molecule has 347 valence electrons. The Kier molecular flexibility index (Phi) is 12.4. The first-order valence-corrected chi connectivity index (χ1v) is 23.9. The number of aromatic nitrogens is 4. The van der Waals surface area contributed by atoms with Gasteiger partial charge in [0.25, 0.3) is 0 Å². The summed E-state index contributed by atoms with van der Waals surface area (Å²) >= 11 is 0. The zero-order valence-corrected chi connectivity index (χ0v) is 42.8. The average molecular weight is 1080 g/mol. The van der Waals surface area contributed by atoms with Gasteiger partial charge in [-0.3, -0.25) is 9.97 Å². The van der Waals surface area contributed by atoms with Crippen LogP contribution in [-0.4, -0.2) is 19.1 Å². The number of furan rings is 1. The molecule has 0 N–H and O–H groups in total. The van der Waals surface area contributed by atoms with Gasteiger partial charge in [-0.05, 0) is 112 Å². The molecule has 5 nitrogen and oxygen atoms in total. The van der Waals surface area contributed by atoms with Gasteiger partial charge in [0, 0.05) is 41.0 Å². The predicted molar refractivity (Wildman–Crippen MR) is 284 cm³/mol. The Morgan fingerprint density at radius 2 is 1.06 bits per heavy atom. The number of benzene rings is 8. The van der Waals surface area contributed by atoms with Crippen molar-refractivity contribution in [2.75, 3.05) is 0 Å². The van der Waals surface area contributed by atoms with Crippen LogP contribution in [0.15, 0.2) is 168 Å². The minimum Gasteiger partial charge on any atom is -0.501 e. The number of aryl methyl sites for hydroxylation is 1. The summed E-state index contributed by atoms with van der Waals surface area (Å²) in [7, 11) is 0. The van der Waals surface area contributed by atoms with Crippen LogP contribution in [-0.2, 0) is 20.1 Å². The number of para-hydroxylation sites is 5. The Labute approximate surface area is 424 Å². The molecule has 69 heavy (non-hydrogen) atoms. The number of fused-ring (bicyclic) bond motifs is 5. The number of rotatable bonds is 9. The summed E-state index contributed by atoms with van der Waals surface area (Å²) < 4.78 is 34.5. The fourth-order valence-corrected chi connectivity index (χ4v) is 9.68. The van der Waals surface area contributed by atoms with Crippen molar-refractivity contribution in [3.8, 4) is 45.3 Å². The molecule has 0 fully saturated rings. The maximum absolute atomic E-state index is 7.83. The predicted octanol–water partition coefficient (Wildman–Crippen LogP) is 17.4. The van der Waals surface area contributed by atoms with Crippen LogP contribution in [0.2, 0.25) is 0 Å². The van der Waals surface area contributed by atoms with E-state index < -0.39 is 6.85 Å². The van der Waals surface area contributed by atoms with Crippen molar-refractivity contribution in [1.82, 2.24) is 19.1 Å². The number of hydrogen-bond donors (Lipinski definition) is 0. The quantitative estimate of drug-likeness (QED) is 0.135. The summed E-state index contributed by atoms with van der Waals surface area (Å²) in [5.74, 6) is 3.02. The number of nitrogens with zero attached hydrogens (tertiary/aromatic N) is 4. The minimum atomic E-state index is -2.20. The summed E-state index contributed by atoms with van der Waals surface area (Å²) in [4.78, 5) is 10.2. The van der Waals surface area contributed by atoms with Crippen molar-refractivity contribution in [1.29, 1.82) is 0 Å². The van der Waals surface area contributed by atoms with E-state index in [1.165, 1.54) is 39.1 Å². The van der Waals surface area contributed by atoms with Crippen LogP contribution in [0.1, 0.15) is 111 Å². The van der Waals surface area contributed by atoms with Gasteiger partial charge in [0.05, 0.1) is 39.3 Å². The molecule has 0 saturated carbocycles. The van der Waals surface area contributed by atoms with Crippen molar-refractivity contribution in [3.05, 3.63) is 204 Å². The van der Waals surface area contributed by atoms with Crippen LogP contribution >= 0.6 is 0 Å². The maximum atomic E-state index is 7.83. The standard InChI is InChI=1S/C32H29N2O.C31H29N2.Ir/c1-19(2)22-10-8-11-23(20(3)4)30(22)34-28-15-7-6-14-27(28)33-32(34)26-13-9-12-25-24-17-16-21(5)18-29(24)35-31(25)26;1-21(2)26-19-25(23-13-7-5-8-14-23)20-27(22(3)4)30(26)33-29-18-12-11-17-28(29)32-31(33)24-15-9-6-10-16-24;/h6-12,14-20H,1-5H3;5-15,17-22H,1-4H3;/q2*-1;/i5D3;;. The van der Waals surface area contributed by atoms with Crippen molar-refractivity contribution < 1.29 is 28.6 Å². The summed E-state index contributed by atoms with van der Waals surface area (Å²) in [5, 5.41) is 1.78. The van der Waals surface area contributed by atoms with E-state index in [9.17, 15) is 0 Å². The molecular weight excluding hydrogens is 1020 g/mol. The molecule has 3 heterocycles. The van der Waals surface area contributed by atoms with Gasteiger partial charge in [-0.15, -0.1) is 54.1 Å². The van der Waals surface area contributed by atoms with Crippen LogP contribution in [0, 0.1) is 19.0 Å². The van der Waals surface area contributed by atoms with Crippen LogP contribution in [0.25, 0.3) is 89.3 Å². The third kappa shape index (κ3) is 8.77. The molecule has 0 aliphatic rings. The topological polar surface area (TPSA) is 48.8 Å². The molecule has 8 aromatic carbocycles. The molecule has 0 atom stereocenters. The van der Waals surface area contributed by atoms with E-state index in [4.69, 9.17) is 18.5 Å².